The number of halogens is 1. The normalized spacial score (nSPS) is 12.6. The van der Waals surface area contributed by atoms with Gasteiger partial charge in [-0.3, -0.25) is 0 Å². The Labute approximate surface area is 90.4 Å². The lowest BCUT2D eigenvalue weighted by atomic mass is 10.1. The number of hydrogen-bond acceptors (Lipinski definition) is 4. The molecule has 1 unspecified atom stereocenters. The molecule has 1 atom stereocenters. The summed E-state index contributed by atoms with van der Waals surface area (Å²) in [5.74, 6) is 0.612. The van der Waals surface area contributed by atoms with Gasteiger partial charge in [-0.2, -0.15) is 0 Å². The molecule has 0 amide bonds. The molecule has 4 nitrogen and oxygen atoms in total. The first-order valence-corrected chi connectivity index (χ1v) is 4.82. The molecule has 1 rings (SSSR count). The molecule has 0 bridgehead atoms. The van der Waals surface area contributed by atoms with Crippen LogP contribution in [0.15, 0.2) is 16.6 Å². The van der Waals surface area contributed by atoms with Crippen molar-refractivity contribution in [1.29, 1.82) is 0 Å². The van der Waals surface area contributed by atoms with Gasteiger partial charge < -0.3 is 20.7 Å². The number of methoxy groups -OCH3 is 1. The lowest BCUT2D eigenvalue weighted by Crippen LogP contribution is -2.14. The van der Waals surface area contributed by atoms with Gasteiger partial charge in [-0.15, -0.1) is 0 Å². The van der Waals surface area contributed by atoms with Crippen molar-refractivity contribution in [2.24, 2.45) is 5.73 Å². The topological polar surface area (TPSA) is 75.7 Å². The van der Waals surface area contributed by atoms with Gasteiger partial charge in [0.25, 0.3) is 0 Å². The number of hydrogen-bond donors (Lipinski definition) is 3. The average Bonchev–Trinajstić information content (AvgIpc) is 2.20. The number of rotatable bonds is 3. The number of phenols is 1. The van der Waals surface area contributed by atoms with Crippen molar-refractivity contribution in [2.75, 3.05) is 13.7 Å². The summed E-state index contributed by atoms with van der Waals surface area (Å²) in [4.78, 5) is 0. The van der Waals surface area contributed by atoms with Gasteiger partial charge in [0.2, 0.25) is 0 Å². The van der Waals surface area contributed by atoms with E-state index in [1.54, 1.807) is 12.1 Å². The summed E-state index contributed by atoms with van der Waals surface area (Å²) in [6.07, 6.45) is 0. The van der Waals surface area contributed by atoms with Crippen LogP contribution in [0, 0.1) is 0 Å². The molecular weight excluding hydrogens is 250 g/mol. The van der Waals surface area contributed by atoms with Crippen molar-refractivity contribution in [2.45, 2.75) is 6.04 Å². The SMILES string of the molecule is COc1cc(Br)c(O)c(C(N)CO)c1. The van der Waals surface area contributed by atoms with Crippen molar-refractivity contribution < 1.29 is 14.9 Å². The molecule has 0 aliphatic carbocycles. The van der Waals surface area contributed by atoms with Gasteiger partial charge >= 0.3 is 0 Å². The number of benzene rings is 1. The van der Waals surface area contributed by atoms with Crippen molar-refractivity contribution in [3.8, 4) is 11.5 Å². The molecule has 0 aliphatic heterocycles. The predicted molar refractivity (Wildman–Crippen MR) is 56.4 cm³/mol. The lowest BCUT2D eigenvalue weighted by molar-refractivity contribution is 0.264. The van der Waals surface area contributed by atoms with Crippen LogP contribution in [0.1, 0.15) is 11.6 Å². The first kappa shape index (κ1) is 11.3. The van der Waals surface area contributed by atoms with E-state index in [1.807, 2.05) is 0 Å². The Hall–Kier alpha value is -0.780. The molecule has 0 aliphatic rings. The van der Waals surface area contributed by atoms with Gasteiger partial charge in [0, 0.05) is 5.56 Å². The van der Waals surface area contributed by atoms with Crippen molar-refractivity contribution in [3.63, 3.8) is 0 Å². The highest BCUT2D eigenvalue weighted by atomic mass is 79.9. The van der Waals surface area contributed by atoms with Gasteiger partial charge in [0.05, 0.1) is 24.2 Å². The number of nitrogens with two attached hydrogens (primary N) is 1. The van der Waals surface area contributed by atoms with Gasteiger partial charge in [0.15, 0.2) is 0 Å². The molecule has 0 saturated heterocycles. The summed E-state index contributed by atoms with van der Waals surface area (Å²) < 4.78 is 5.50. The number of ether oxygens (including phenoxy) is 1. The van der Waals surface area contributed by atoms with Crippen LogP contribution in [0.4, 0.5) is 0 Å². The van der Waals surface area contributed by atoms with E-state index in [1.165, 1.54) is 7.11 Å². The van der Waals surface area contributed by atoms with Gasteiger partial charge in [-0.05, 0) is 28.1 Å². The molecule has 0 radical (unpaired) electrons. The third-order valence-corrected chi connectivity index (χ3v) is 2.50. The summed E-state index contributed by atoms with van der Waals surface area (Å²) in [7, 11) is 1.52. The van der Waals surface area contributed by atoms with E-state index >= 15 is 0 Å². The first-order chi connectivity index (χ1) is 6.60. The molecule has 0 spiro atoms. The molecule has 0 fully saturated rings. The minimum atomic E-state index is -0.610. The highest BCUT2D eigenvalue weighted by molar-refractivity contribution is 9.10. The Morgan fingerprint density at radius 2 is 2.21 bits per heavy atom. The molecule has 4 N–H and O–H groups in total. The second-order valence-electron chi connectivity index (χ2n) is 2.84. The van der Waals surface area contributed by atoms with Crippen LogP contribution in [0.3, 0.4) is 0 Å². The van der Waals surface area contributed by atoms with E-state index in [0.717, 1.165) is 0 Å². The Kier molecular flexibility index (Phi) is 3.74. The number of aromatic hydroxyl groups is 1. The Balaban J connectivity index is 3.20. The third kappa shape index (κ3) is 2.17. The summed E-state index contributed by atoms with van der Waals surface area (Å²) in [5, 5.41) is 18.5. The largest absolute Gasteiger partial charge is 0.506 e. The number of aliphatic hydroxyl groups excluding tert-OH is 1. The van der Waals surface area contributed by atoms with Crippen LogP contribution >= 0.6 is 15.9 Å². The predicted octanol–water partition coefficient (Wildman–Crippen LogP) is 1.16. The Morgan fingerprint density at radius 3 is 2.71 bits per heavy atom. The fraction of sp³-hybridized carbons (Fsp3) is 0.333. The molecule has 1 aromatic rings. The minimum Gasteiger partial charge on any atom is -0.506 e. The van der Waals surface area contributed by atoms with Crippen molar-refractivity contribution >= 4 is 15.9 Å². The fourth-order valence-corrected chi connectivity index (χ4v) is 1.55. The standard InChI is InChI=1S/C9H12BrNO3/c1-14-5-2-6(8(11)4-12)9(13)7(10)3-5/h2-3,8,12-13H,4,11H2,1H3. The van der Waals surface area contributed by atoms with E-state index in [4.69, 9.17) is 15.6 Å². The number of aliphatic hydroxyl groups is 1. The third-order valence-electron chi connectivity index (χ3n) is 1.90. The molecule has 14 heavy (non-hydrogen) atoms. The second kappa shape index (κ2) is 4.63. The smallest absolute Gasteiger partial charge is 0.134 e. The van der Waals surface area contributed by atoms with Crippen molar-refractivity contribution in [3.05, 3.63) is 22.2 Å². The molecule has 1 aromatic carbocycles. The van der Waals surface area contributed by atoms with Crippen LogP contribution in [-0.4, -0.2) is 23.9 Å². The van der Waals surface area contributed by atoms with Crippen molar-refractivity contribution in [1.82, 2.24) is 0 Å². The van der Waals surface area contributed by atoms with E-state index in [-0.39, 0.29) is 12.4 Å². The van der Waals surface area contributed by atoms with Crippen LogP contribution < -0.4 is 10.5 Å². The van der Waals surface area contributed by atoms with E-state index < -0.39 is 6.04 Å². The summed E-state index contributed by atoms with van der Waals surface area (Å²) in [6.45, 7) is -0.229. The first-order valence-electron chi connectivity index (χ1n) is 4.03. The second-order valence-corrected chi connectivity index (χ2v) is 3.69. The summed E-state index contributed by atoms with van der Waals surface area (Å²) >= 11 is 3.17. The monoisotopic (exact) mass is 261 g/mol. The zero-order chi connectivity index (χ0) is 10.7. The maximum atomic E-state index is 9.63. The average molecular weight is 262 g/mol. The fourth-order valence-electron chi connectivity index (χ4n) is 1.09. The van der Waals surface area contributed by atoms with Crippen LogP contribution in [0.5, 0.6) is 11.5 Å². The van der Waals surface area contributed by atoms with Crippen LogP contribution in [0.25, 0.3) is 0 Å². The minimum absolute atomic E-state index is 0.0346. The molecule has 0 saturated carbocycles. The zero-order valence-electron chi connectivity index (χ0n) is 7.70. The molecule has 5 heteroatoms. The Morgan fingerprint density at radius 1 is 1.57 bits per heavy atom. The van der Waals surface area contributed by atoms with Gasteiger partial charge in [0.1, 0.15) is 11.5 Å². The summed E-state index contributed by atoms with van der Waals surface area (Å²) in [6, 6.07) is 2.62. The van der Waals surface area contributed by atoms with E-state index in [0.29, 0.717) is 15.8 Å². The molecular formula is C9H12BrNO3. The van der Waals surface area contributed by atoms with E-state index in [9.17, 15) is 5.11 Å². The highest BCUT2D eigenvalue weighted by Gasteiger charge is 2.14. The lowest BCUT2D eigenvalue weighted by Gasteiger charge is -2.13. The molecule has 78 valence electrons. The maximum Gasteiger partial charge on any atom is 0.134 e. The van der Waals surface area contributed by atoms with Gasteiger partial charge in [-0.25, -0.2) is 0 Å². The van der Waals surface area contributed by atoms with Gasteiger partial charge in [-0.1, -0.05) is 0 Å². The zero-order valence-corrected chi connectivity index (χ0v) is 9.28. The molecule has 0 heterocycles. The quantitative estimate of drug-likeness (QED) is 0.763. The Bertz CT molecular complexity index is 330. The highest BCUT2D eigenvalue weighted by Crippen LogP contribution is 2.35. The van der Waals surface area contributed by atoms with E-state index in [2.05, 4.69) is 15.9 Å². The van der Waals surface area contributed by atoms with Crippen LogP contribution in [0.2, 0.25) is 0 Å². The number of phenolic OH excluding ortho intramolecular Hbond substituents is 1. The molecule has 0 aromatic heterocycles. The summed E-state index contributed by atoms with van der Waals surface area (Å²) in [5.41, 5.74) is 6.06. The van der Waals surface area contributed by atoms with Crippen LogP contribution in [-0.2, 0) is 0 Å². The maximum absolute atomic E-state index is 9.63.